The van der Waals surface area contributed by atoms with Gasteiger partial charge in [-0.1, -0.05) is 66.7 Å². The van der Waals surface area contributed by atoms with Crippen LogP contribution in [0.1, 0.15) is 33.1 Å². The summed E-state index contributed by atoms with van der Waals surface area (Å²) in [7, 11) is 5.70. The third kappa shape index (κ3) is 5.49. The molecule has 0 fully saturated rings. The number of carbonyl (C=O) groups is 1. The van der Waals surface area contributed by atoms with Gasteiger partial charge >= 0.3 is 0 Å². The number of para-hydroxylation sites is 1. The van der Waals surface area contributed by atoms with Crippen LogP contribution in [0.25, 0.3) is 0 Å². The van der Waals surface area contributed by atoms with Gasteiger partial charge in [-0.3, -0.25) is 4.79 Å². The SMILES string of the molecule is COc1ccccc1C(CNC(=O)c1ccccc1CCc1ccccc1)N(C)C. The second kappa shape index (κ2) is 10.6. The van der Waals surface area contributed by atoms with E-state index in [0.29, 0.717) is 6.54 Å². The molecule has 0 spiro atoms. The van der Waals surface area contributed by atoms with Crippen LogP contribution in [-0.2, 0) is 12.8 Å². The van der Waals surface area contributed by atoms with Gasteiger partial charge in [0.2, 0.25) is 0 Å². The normalized spacial score (nSPS) is 11.9. The summed E-state index contributed by atoms with van der Waals surface area (Å²) in [6.45, 7) is 0.499. The van der Waals surface area contributed by atoms with E-state index < -0.39 is 0 Å². The number of rotatable bonds is 9. The van der Waals surface area contributed by atoms with E-state index in [0.717, 1.165) is 35.3 Å². The molecule has 0 aliphatic heterocycles. The number of aryl methyl sites for hydroxylation is 2. The fourth-order valence-electron chi connectivity index (χ4n) is 3.68. The molecule has 156 valence electrons. The molecule has 0 radical (unpaired) electrons. The molecule has 0 aliphatic rings. The summed E-state index contributed by atoms with van der Waals surface area (Å²) in [5, 5.41) is 3.13. The molecule has 4 heteroatoms. The number of hydrogen-bond acceptors (Lipinski definition) is 3. The molecule has 0 aliphatic carbocycles. The van der Waals surface area contributed by atoms with Crippen molar-refractivity contribution in [1.82, 2.24) is 10.2 Å². The van der Waals surface area contributed by atoms with E-state index in [1.807, 2.05) is 80.8 Å². The molecule has 1 amide bonds. The van der Waals surface area contributed by atoms with E-state index in [4.69, 9.17) is 4.74 Å². The molecule has 3 aromatic rings. The molecule has 0 bridgehead atoms. The lowest BCUT2D eigenvalue weighted by Crippen LogP contribution is -2.35. The lowest BCUT2D eigenvalue weighted by Gasteiger charge is -2.26. The van der Waals surface area contributed by atoms with Gasteiger partial charge in [0.25, 0.3) is 5.91 Å². The molecule has 3 rings (SSSR count). The second-order valence-electron chi connectivity index (χ2n) is 7.57. The van der Waals surface area contributed by atoms with Crippen molar-refractivity contribution in [2.24, 2.45) is 0 Å². The number of carbonyl (C=O) groups excluding carboxylic acids is 1. The van der Waals surface area contributed by atoms with Crippen LogP contribution in [0.5, 0.6) is 5.75 Å². The van der Waals surface area contributed by atoms with E-state index in [1.54, 1.807) is 7.11 Å². The van der Waals surface area contributed by atoms with Crippen LogP contribution in [0.4, 0.5) is 0 Å². The van der Waals surface area contributed by atoms with Crippen LogP contribution in [-0.4, -0.2) is 38.6 Å². The van der Waals surface area contributed by atoms with Gasteiger partial charge in [0.05, 0.1) is 13.2 Å². The van der Waals surface area contributed by atoms with Gasteiger partial charge in [-0.15, -0.1) is 0 Å². The molecular formula is C26H30N2O2. The summed E-state index contributed by atoms with van der Waals surface area (Å²) >= 11 is 0. The Balaban J connectivity index is 1.71. The minimum Gasteiger partial charge on any atom is -0.496 e. The van der Waals surface area contributed by atoms with Crippen molar-refractivity contribution in [3.05, 3.63) is 101 Å². The maximum atomic E-state index is 13.0. The molecule has 0 aromatic heterocycles. The van der Waals surface area contributed by atoms with Crippen LogP contribution in [0.3, 0.4) is 0 Å². The highest BCUT2D eigenvalue weighted by atomic mass is 16.5. The Bertz CT molecular complexity index is 954. The highest BCUT2D eigenvalue weighted by Gasteiger charge is 2.20. The minimum absolute atomic E-state index is 0.0154. The third-order valence-corrected chi connectivity index (χ3v) is 5.37. The average Bonchev–Trinajstić information content (AvgIpc) is 2.78. The monoisotopic (exact) mass is 402 g/mol. The number of ether oxygens (including phenoxy) is 1. The van der Waals surface area contributed by atoms with Crippen LogP contribution in [0, 0.1) is 0 Å². The third-order valence-electron chi connectivity index (χ3n) is 5.37. The van der Waals surface area contributed by atoms with Gasteiger partial charge < -0.3 is 15.0 Å². The molecule has 1 unspecified atom stereocenters. The number of likely N-dealkylation sites (N-methyl/N-ethyl adjacent to an activating group) is 1. The van der Waals surface area contributed by atoms with Gasteiger partial charge in [0.1, 0.15) is 5.75 Å². The zero-order chi connectivity index (χ0) is 21.3. The Morgan fingerprint density at radius 3 is 2.30 bits per heavy atom. The molecule has 1 atom stereocenters. The number of benzene rings is 3. The molecule has 4 nitrogen and oxygen atoms in total. The lowest BCUT2D eigenvalue weighted by molar-refractivity contribution is 0.0940. The predicted molar refractivity (Wildman–Crippen MR) is 122 cm³/mol. The smallest absolute Gasteiger partial charge is 0.251 e. The van der Waals surface area contributed by atoms with Gasteiger partial charge in [-0.2, -0.15) is 0 Å². The minimum atomic E-state index is -0.0413. The van der Waals surface area contributed by atoms with Crippen molar-refractivity contribution in [1.29, 1.82) is 0 Å². The van der Waals surface area contributed by atoms with E-state index >= 15 is 0 Å². The Morgan fingerprint density at radius 1 is 0.900 bits per heavy atom. The van der Waals surface area contributed by atoms with E-state index in [2.05, 4.69) is 22.3 Å². The summed E-state index contributed by atoms with van der Waals surface area (Å²) in [4.78, 5) is 15.1. The van der Waals surface area contributed by atoms with Crippen molar-refractivity contribution in [2.45, 2.75) is 18.9 Å². The molecule has 3 aromatic carbocycles. The number of nitrogens with zero attached hydrogens (tertiary/aromatic N) is 1. The first-order valence-electron chi connectivity index (χ1n) is 10.3. The Morgan fingerprint density at radius 2 is 1.57 bits per heavy atom. The van der Waals surface area contributed by atoms with Crippen molar-refractivity contribution < 1.29 is 9.53 Å². The topological polar surface area (TPSA) is 41.6 Å². The van der Waals surface area contributed by atoms with Crippen molar-refractivity contribution in [3.8, 4) is 5.75 Å². The first-order chi connectivity index (χ1) is 14.6. The molecule has 0 heterocycles. The van der Waals surface area contributed by atoms with Crippen LogP contribution in [0.15, 0.2) is 78.9 Å². The van der Waals surface area contributed by atoms with Crippen LogP contribution < -0.4 is 10.1 Å². The highest BCUT2D eigenvalue weighted by Crippen LogP contribution is 2.27. The van der Waals surface area contributed by atoms with Gasteiger partial charge in [-0.05, 0) is 50.2 Å². The summed E-state index contributed by atoms with van der Waals surface area (Å²) in [5.74, 6) is 0.786. The summed E-state index contributed by atoms with van der Waals surface area (Å²) in [6, 6.07) is 26.2. The number of amides is 1. The lowest BCUT2D eigenvalue weighted by atomic mass is 9.99. The molecule has 1 N–H and O–H groups in total. The summed E-state index contributed by atoms with van der Waals surface area (Å²) < 4.78 is 5.52. The van der Waals surface area contributed by atoms with Crippen molar-refractivity contribution in [3.63, 3.8) is 0 Å². The predicted octanol–water partition coefficient (Wildman–Crippen LogP) is 4.51. The summed E-state index contributed by atoms with van der Waals surface area (Å²) in [5.41, 5.74) is 4.14. The van der Waals surface area contributed by atoms with Crippen molar-refractivity contribution >= 4 is 5.91 Å². The largest absolute Gasteiger partial charge is 0.496 e. The van der Waals surface area contributed by atoms with E-state index in [1.165, 1.54) is 5.56 Å². The van der Waals surface area contributed by atoms with E-state index in [-0.39, 0.29) is 11.9 Å². The van der Waals surface area contributed by atoms with Crippen LogP contribution in [0.2, 0.25) is 0 Å². The molecule has 0 saturated heterocycles. The molecule has 30 heavy (non-hydrogen) atoms. The standard InChI is InChI=1S/C26H30N2O2/c1-28(2)24(23-15-9-10-16-25(23)30-3)19-27-26(29)22-14-8-7-13-21(22)18-17-20-11-5-4-6-12-20/h4-16,24H,17-19H2,1-3H3,(H,27,29). The zero-order valence-corrected chi connectivity index (χ0v) is 18.0. The van der Waals surface area contributed by atoms with Gasteiger partial charge in [0, 0.05) is 17.7 Å². The van der Waals surface area contributed by atoms with Gasteiger partial charge in [0.15, 0.2) is 0 Å². The zero-order valence-electron chi connectivity index (χ0n) is 18.0. The Labute approximate surface area is 179 Å². The first-order valence-corrected chi connectivity index (χ1v) is 10.3. The van der Waals surface area contributed by atoms with E-state index in [9.17, 15) is 4.79 Å². The first kappa shape index (κ1) is 21.6. The quantitative estimate of drug-likeness (QED) is 0.572. The Hall–Kier alpha value is -3.11. The van der Waals surface area contributed by atoms with Gasteiger partial charge in [-0.25, -0.2) is 0 Å². The Kier molecular flexibility index (Phi) is 7.63. The van der Waals surface area contributed by atoms with Crippen LogP contribution >= 0.6 is 0 Å². The van der Waals surface area contributed by atoms with Crippen molar-refractivity contribution in [2.75, 3.05) is 27.7 Å². The second-order valence-corrected chi connectivity index (χ2v) is 7.57. The highest BCUT2D eigenvalue weighted by molar-refractivity contribution is 5.95. The summed E-state index contributed by atoms with van der Waals surface area (Å²) in [6.07, 6.45) is 1.74. The fourth-order valence-corrected chi connectivity index (χ4v) is 3.68. The maximum Gasteiger partial charge on any atom is 0.251 e. The fraction of sp³-hybridized carbons (Fsp3) is 0.269. The molecule has 0 saturated carbocycles. The maximum absolute atomic E-state index is 13.0. The average molecular weight is 403 g/mol. The molecular weight excluding hydrogens is 372 g/mol. The number of methoxy groups -OCH3 is 1. The number of hydrogen-bond donors (Lipinski definition) is 1. The number of nitrogens with one attached hydrogen (secondary N) is 1.